The number of aromatic hydroxyl groups is 1. The van der Waals surface area contributed by atoms with Gasteiger partial charge in [-0.15, -0.1) is 0 Å². The Hall–Kier alpha value is -2.16. The second kappa shape index (κ2) is 5.45. The molecule has 0 bridgehead atoms. The van der Waals surface area contributed by atoms with Crippen LogP contribution in [-0.4, -0.2) is 19.3 Å². The number of phenolic OH excluding ortho intramolecular Hbond substituents is 1. The molecule has 0 amide bonds. The second-order valence-corrected chi connectivity index (χ2v) is 3.99. The van der Waals surface area contributed by atoms with Gasteiger partial charge in [0.1, 0.15) is 17.2 Å². The number of methoxy groups -OCH3 is 2. The van der Waals surface area contributed by atoms with E-state index in [1.807, 2.05) is 30.3 Å². The zero-order valence-electron chi connectivity index (χ0n) is 10.5. The van der Waals surface area contributed by atoms with Crippen molar-refractivity contribution in [2.75, 3.05) is 14.2 Å². The van der Waals surface area contributed by atoms with Crippen molar-refractivity contribution in [3.63, 3.8) is 0 Å². The Labute approximate surface area is 107 Å². The van der Waals surface area contributed by atoms with Gasteiger partial charge >= 0.3 is 0 Å². The van der Waals surface area contributed by atoms with Gasteiger partial charge in [0.25, 0.3) is 0 Å². The highest BCUT2D eigenvalue weighted by atomic mass is 16.5. The van der Waals surface area contributed by atoms with E-state index in [1.165, 1.54) is 0 Å². The molecule has 2 aromatic carbocycles. The molecule has 1 N–H and O–H groups in total. The first-order chi connectivity index (χ1) is 8.74. The van der Waals surface area contributed by atoms with Crippen molar-refractivity contribution in [1.82, 2.24) is 0 Å². The summed E-state index contributed by atoms with van der Waals surface area (Å²) in [5.74, 6) is 1.41. The van der Waals surface area contributed by atoms with Crippen LogP contribution in [0.4, 0.5) is 0 Å². The van der Waals surface area contributed by atoms with Crippen LogP contribution < -0.4 is 9.47 Å². The first-order valence-corrected chi connectivity index (χ1v) is 5.72. The fourth-order valence-corrected chi connectivity index (χ4v) is 1.88. The summed E-state index contributed by atoms with van der Waals surface area (Å²) in [6.45, 7) is 0. The predicted octanol–water partition coefficient (Wildman–Crippen LogP) is 3.00. The third-order valence-corrected chi connectivity index (χ3v) is 2.84. The van der Waals surface area contributed by atoms with Gasteiger partial charge in [-0.3, -0.25) is 0 Å². The van der Waals surface area contributed by atoms with E-state index in [-0.39, 0.29) is 5.75 Å². The minimum absolute atomic E-state index is 0.190. The van der Waals surface area contributed by atoms with Crippen LogP contribution in [0, 0.1) is 0 Å². The zero-order chi connectivity index (χ0) is 13.0. The highest BCUT2D eigenvalue weighted by molar-refractivity contribution is 5.51. The Morgan fingerprint density at radius 3 is 2.33 bits per heavy atom. The van der Waals surface area contributed by atoms with Gasteiger partial charge in [0.15, 0.2) is 0 Å². The molecule has 3 nitrogen and oxygen atoms in total. The van der Waals surface area contributed by atoms with Gasteiger partial charge in [0.05, 0.1) is 14.2 Å². The van der Waals surface area contributed by atoms with Crippen LogP contribution in [0.1, 0.15) is 11.1 Å². The van der Waals surface area contributed by atoms with Gasteiger partial charge in [0, 0.05) is 24.1 Å². The summed E-state index contributed by atoms with van der Waals surface area (Å²) in [4.78, 5) is 0. The summed E-state index contributed by atoms with van der Waals surface area (Å²) in [7, 11) is 3.15. The first-order valence-electron chi connectivity index (χ1n) is 5.72. The molecule has 0 radical (unpaired) electrons. The predicted molar refractivity (Wildman–Crippen MR) is 70.5 cm³/mol. The van der Waals surface area contributed by atoms with Crippen molar-refractivity contribution >= 4 is 0 Å². The van der Waals surface area contributed by atoms with Gasteiger partial charge < -0.3 is 14.6 Å². The molecule has 0 fully saturated rings. The van der Waals surface area contributed by atoms with Gasteiger partial charge in [0.2, 0.25) is 0 Å². The van der Waals surface area contributed by atoms with Crippen molar-refractivity contribution < 1.29 is 14.6 Å². The van der Waals surface area contributed by atoms with E-state index in [2.05, 4.69) is 0 Å². The lowest BCUT2D eigenvalue weighted by molar-refractivity contribution is 0.380. The maximum atomic E-state index is 10.0. The van der Waals surface area contributed by atoms with E-state index < -0.39 is 0 Å². The third-order valence-electron chi connectivity index (χ3n) is 2.84. The minimum atomic E-state index is 0.190. The van der Waals surface area contributed by atoms with Gasteiger partial charge in [-0.25, -0.2) is 0 Å². The first kappa shape index (κ1) is 12.3. The number of rotatable bonds is 4. The Morgan fingerprint density at radius 2 is 1.72 bits per heavy atom. The summed E-state index contributed by atoms with van der Waals surface area (Å²) in [6.07, 6.45) is 0.625. The van der Waals surface area contributed by atoms with Crippen LogP contribution in [0.25, 0.3) is 0 Å². The largest absolute Gasteiger partial charge is 0.507 e. The van der Waals surface area contributed by atoms with Gasteiger partial charge in [-0.05, 0) is 5.56 Å². The molecule has 18 heavy (non-hydrogen) atoms. The summed E-state index contributed by atoms with van der Waals surface area (Å²) in [5, 5.41) is 10.0. The van der Waals surface area contributed by atoms with Crippen molar-refractivity contribution in [2.24, 2.45) is 0 Å². The molecule has 3 heteroatoms. The van der Waals surface area contributed by atoms with E-state index in [4.69, 9.17) is 9.47 Å². The van der Waals surface area contributed by atoms with Crippen LogP contribution >= 0.6 is 0 Å². The van der Waals surface area contributed by atoms with Crippen LogP contribution in [0.2, 0.25) is 0 Å². The summed E-state index contributed by atoms with van der Waals surface area (Å²) in [5.41, 5.74) is 1.89. The van der Waals surface area contributed by atoms with Crippen LogP contribution in [0.15, 0.2) is 42.5 Å². The Bertz CT molecular complexity index is 521. The molecule has 0 heterocycles. The third kappa shape index (κ3) is 2.56. The summed E-state index contributed by atoms with van der Waals surface area (Å²) in [6, 6.07) is 13.3. The smallest absolute Gasteiger partial charge is 0.129 e. The maximum Gasteiger partial charge on any atom is 0.129 e. The molecule has 0 aliphatic rings. The fraction of sp³-hybridized carbons (Fsp3) is 0.200. The van der Waals surface area contributed by atoms with E-state index in [9.17, 15) is 5.11 Å². The lowest BCUT2D eigenvalue weighted by Gasteiger charge is -2.12. The monoisotopic (exact) mass is 244 g/mol. The normalized spacial score (nSPS) is 10.1. The Morgan fingerprint density at radius 1 is 1.00 bits per heavy atom. The highest BCUT2D eigenvalue weighted by Gasteiger charge is 2.12. The topological polar surface area (TPSA) is 38.7 Å². The molecule has 0 spiro atoms. The Kier molecular flexibility index (Phi) is 3.72. The van der Waals surface area contributed by atoms with Crippen LogP contribution in [-0.2, 0) is 6.42 Å². The van der Waals surface area contributed by atoms with Crippen molar-refractivity contribution in [2.45, 2.75) is 6.42 Å². The van der Waals surface area contributed by atoms with Crippen molar-refractivity contribution in [3.05, 3.63) is 53.6 Å². The maximum absolute atomic E-state index is 10.0. The summed E-state index contributed by atoms with van der Waals surface area (Å²) < 4.78 is 10.4. The molecule has 0 aliphatic carbocycles. The molecule has 0 saturated heterocycles. The van der Waals surface area contributed by atoms with Crippen LogP contribution in [0.5, 0.6) is 17.2 Å². The number of benzene rings is 2. The number of hydrogen-bond acceptors (Lipinski definition) is 3. The van der Waals surface area contributed by atoms with E-state index in [0.29, 0.717) is 17.9 Å². The van der Waals surface area contributed by atoms with E-state index >= 15 is 0 Å². The van der Waals surface area contributed by atoms with Crippen LogP contribution in [0.3, 0.4) is 0 Å². The molecule has 0 saturated carbocycles. The second-order valence-electron chi connectivity index (χ2n) is 3.99. The minimum Gasteiger partial charge on any atom is -0.507 e. The molecule has 94 valence electrons. The number of ether oxygens (including phenoxy) is 2. The van der Waals surface area contributed by atoms with Crippen molar-refractivity contribution in [1.29, 1.82) is 0 Å². The molecule has 2 rings (SSSR count). The SMILES string of the molecule is COc1cc(O)c(Cc2ccccc2)c(OC)c1. The van der Waals surface area contributed by atoms with Crippen molar-refractivity contribution in [3.8, 4) is 17.2 Å². The average molecular weight is 244 g/mol. The lowest BCUT2D eigenvalue weighted by Crippen LogP contribution is -1.96. The number of hydrogen-bond donors (Lipinski definition) is 1. The molecule has 0 unspecified atom stereocenters. The molecule has 0 aromatic heterocycles. The molecular formula is C15H16O3. The van der Waals surface area contributed by atoms with Gasteiger partial charge in [-0.1, -0.05) is 30.3 Å². The highest BCUT2D eigenvalue weighted by Crippen LogP contribution is 2.34. The molecule has 0 aliphatic heterocycles. The van der Waals surface area contributed by atoms with E-state index in [1.54, 1.807) is 26.4 Å². The lowest BCUT2D eigenvalue weighted by atomic mass is 10.0. The molecule has 0 atom stereocenters. The standard InChI is InChI=1S/C15H16O3/c1-17-12-9-14(16)13(15(10-12)18-2)8-11-6-4-3-5-7-11/h3-7,9-10,16H,8H2,1-2H3. The van der Waals surface area contributed by atoms with E-state index in [0.717, 1.165) is 11.1 Å². The average Bonchev–Trinajstić information content (AvgIpc) is 2.42. The number of phenols is 1. The fourth-order valence-electron chi connectivity index (χ4n) is 1.88. The Balaban J connectivity index is 2.38. The quantitative estimate of drug-likeness (QED) is 0.898. The molecule has 2 aromatic rings. The zero-order valence-corrected chi connectivity index (χ0v) is 10.5. The summed E-state index contributed by atoms with van der Waals surface area (Å²) >= 11 is 0. The molecular weight excluding hydrogens is 228 g/mol. The van der Waals surface area contributed by atoms with Gasteiger partial charge in [-0.2, -0.15) is 0 Å².